The highest BCUT2D eigenvalue weighted by Crippen LogP contribution is 2.38. The van der Waals surface area contributed by atoms with Crippen LogP contribution in [-0.4, -0.2) is 10.1 Å². The number of thiol groups is 1. The second kappa shape index (κ2) is 6.41. The van der Waals surface area contributed by atoms with Gasteiger partial charge in [0.15, 0.2) is 17.4 Å². The zero-order valence-corrected chi connectivity index (χ0v) is 13.8. The van der Waals surface area contributed by atoms with Gasteiger partial charge in [-0.25, -0.2) is 0 Å². The van der Waals surface area contributed by atoms with E-state index in [2.05, 4.69) is 24.0 Å². The molecule has 1 aromatic heterocycles. The first kappa shape index (κ1) is 15.5. The zero-order chi connectivity index (χ0) is 16.4. The molecular weight excluding hydrogens is 326 g/mol. The summed E-state index contributed by atoms with van der Waals surface area (Å²) in [7, 11) is 0. The molecule has 2 aromatic rings. The first-order valence-electron chi connectivity index (χ1n) is 7.00. The molecule has 0 radical (unpaired) electrons. The van der Waals surface area contributed by atoms with E-state index in [0.29, 0.717) is 15.6 Å². The van der Waals surface area contributed by atoms with Crippen molar-refractivity contribution in [2.75, 3.05) is 0 Å². The predicted octanol–water partition coefficient (Wildman–Crippen LogP) is 2.60. The number of thiocarbonyl (C=S) groups is 1. The Kier molecular flexibility index (Phi) is 4.33. The third-order valence-electron chi connectivity index (χ3n) is 3.82. The summed E-state index contributed by atoms with van der Waals surface area (Å²) in [6.07, 6.45) is 3.84. The topological polar surface area (TPSA) is 59.9 Å². The van der Waals surface area contributed by atoms with Gasteiger partial charge in [0.25, 0.3) is 0 Å². The number of rotatable bonds is 2. The summed E-state index contributed by atoms with van der Waals surface area (Å²) in [5, 5.41) is 22.6. The fourth-order valence-electron chi connectivity index (χ4n) is 2.77. The van der Waals surface area contributed by atoms with Gasteiger partial charge in [0.05, 0.1) is 22.6 Å². The van der Waals surface area contributed by atoms with Crippen molar-refractivity contribution in [3.05, 3.63) is 71.0 Å². The van der Waals surface area contributed by atoms with E-state index >= 15 is 0 Å². The molecule has 0 saturated heterocycles. The average Bonchev–Trinajstić information content (AvgIpc) is 2.56. The minimum absolute atomic E-state index is 0.183. The standard InChI is InChI=1S/C17H13N3OS2/c18-10-13-14(11-4-6-12(21)7-5-11)15(17(23)19-16(13)22)20-8-2-1-3-9-20/h1-9,14-15H,(H2-,19,21,22,23)/p+1/t14-,15+/m0/s1. The summed E-state index contributed by atoms with van der Waals surface area (Å²) < 4.78 is 1.98. The first-order chi connectivity index (χ1) is 11.1. The fraction of sp³-hybridized carbons (Fsp3) is 0.118. The highest BCUT2D eigenvalue weighted by Gasteiger charge is 2.42. The lowest BCUT2D eigenvalue weighted by atomic mass is 9.83. The molecule has 0 spiro atoms. The van der Waals surface area contributed by atoms with Crippen LogP contribution >= 0.6 is 24.8 Å². The minimum Gasteiger partial charge on any atom is -0.508 e. The Morgan fingerprint density at radius 3 is 2.43 bits per heavy atom. The molecule has 0 bridgehead atoms. The fourth-order valence-corrected chi connectivity index (χ4v) is 3.52. The first-order valence-corrected chi connectivity index (χ1v) is 7.86. The lowest BCUT2D eigenvalue weighted by Crippen LogP contribution is -2.52. The Hall–Kier alpha value is -2.36. The van der Waals surface area contributed by atoms with Crippen LogP contribution in [0.15, 0.2) is 65.5 Å². The molecule has 2 atom stereocenters. The Bertz CT molecular complexity index is 810. The molecule has 0 saturated carbocycles. The molecule has 2 N–H and O–H groups in total. The van der Waals surface area contributed by atoms with Gasteiger partial charge in [-0.1, -0.05) is 30.4 Å². The zero-order valence-electron chi connectivity index (χ0n) is 12.0. The second-order valence-electron chi connectivity index (χ2n) is 5.20. The molecule has 0 fully saturated rings. The maximum atomic E-state index is 9.60. The number of phenols is 1. The highest BCUT2D eigenvalue weighted by atomic mass is 32.1. The summed E-state index contributed by atoms with van der Waals surface area (Å²) in [6, 6.07) is 14.6. The molecule has 6 heteroatoms. The van der Waals surface area contributed by atoms with Gasteiger partial charge in [-0.05, 0) is 17.7 Å². The van der Waals surface area contributed by atoms with E-state index in [-0.39, 0.29) is 17.7 Å². The summed E-state index contributed by atoms with van der Waals surface area (Å²) in [4.78, 5) is 0.600. The van der Waals surface area contributed by atoms with Crippen LogP contribution in [-0.2, 0) is 0 Å². The van der Waals surface area contributed by atoms with Gasteiger partial charge in [-0.2, -0.15) is 9.83 Å². The number of aromatic nitrogens is 1. The van der Waals surface area contributed by atoms with Crippen LogP contribution < -0.4 is 9.88 Å². The molecule has 114 valence electrons. The summed E-state index contributed by atoms with van der Waals surface area (Å²) in [5.41, 5.74) is 1.42. The second-order valence-corrected chi connectivity index (χ2v) is 6.09. The summed E-state index contributed by atoms with van der Waals surface area (Å²) in [5.74, 6) is -0.0861. The van der Waals surface area contributed by atoms with Crippen molar-refractivity contribution in [3.8, 4) is 11.8 Å². The van der Waals surface area contributed by atoms with Crippen LogP contribution in [0.1, 0.15) is 17.5 Å². The number of nitrogens with zero attached hydrogens (tertiary/aromatic N) is 2. The van der Waals surface area contributed by atoms with Crippen LogP contribution in [0.5, 0.6) is 5.75 Å². The molecule has 1 aliphatic heterocycles. The lowest BCUT2D eigenvalue weighted by molar-refractivity contribution is -0.708. The smallest absolute Gasteiger partial charge is 0.219 e. The van der Waals surface area contributed by atoms with Crippen LogP contribution in [0, 0.1) is 11.3 Å². The van der Waals surface area contributed by atoms with Crippen molar-refractivity contribution < 1.29 is 9.67 Å². The minimum atomic E-state index is -0.269. The quantitative estimate of drug-likeness (QED) is 0.447. The number of aromatic hydroxyl groups is 1. The van der Waals surface area contributed by atoms with Gasteiger partial charge in [-0.3, -0.25) is 0 Å². The number of benzene rings is 1. The third-order valence-corrected chi connectivity index (χ3v) is 4.52. The van der Waals surface area contributed by atoms with Crippen LogP contribution in [0.3, 0.4) is 0 Å². The highest BCUT2D eigenvalue weighted by molar-refractivity contribution is 7.85. The monoisotopic (exact) mass is 340 g/mol. The van der Waals surface area contributed by atoms with Gasteiger partial charge < -0.3 is 10.4 Å². The summed E-state index contributed by atoms with van der Waals surface area (Å²) >= 11 is 9.89. The summed E-state index contributed by atoms with van der Waals surface area (Å²) in [6.45, 7) is 0. The van der Waals surface area contributed by atoms with E-state index in [9.17, 15) is 10.4 Å². The van der Waals surface area contributed by atoms with Gasteiger partial charge >= 0.3 is 0 Å². The van der Waals surface area contributed by atoms with Crippen molar-refractivity contribution in [2.24, 2.45) is 0 Å². The number of phenolic OH excluding ortho intramolecular Hbond substituents is 1. The molecule has 4 nitrogen and oxygen atoms in total. The largest absolute Gasteiger partial charge is 0.508 e. The molecule has 3 rings (SSSR count). The van der Waals surface area contributed by atoms with Crippen LogP contribution in [0.25, 0.3) is 0 Å². The molecular formula is C17H14N3OS2+. The van der Waals surface area contributed by atoms with Gasteiger partial charge in [0, 0.05) is 12.1 Å². The molecule has 23 heavy (non-hydrogen) atoms. The van der Waals surface area contributed by atoms with E-state index in [4.69, 9.17) is 12.2 Å². The molecule has 2 heterocycles. The van der Waals surface area contributed by atoms with Crippen molar-refractivity contribution in [1.82, 2.24) is 5.32 Å². The van der Waals surface area contributed by atoms with E-state index in [0.717, 1.165) is 5.56 Å². The Morgan fingerprint density at radius 2 is 1.83 bits per heavy atom. The Morgan fingerprint density at radius 1 is 1.17 bits per heavy atom. The lowest BCUT2D eigenvalue weighted by Gasteiger charge is -2.29. The molecule has 0 amide bonds. The third kappa shape index (κ3) is 2.93. The van der Waals surface area contributed by atoms with E-state index in [1.54, 1.807) is 12.1 Å². The van der Waals surface area contributed by atoms with Gasteiger partial charge in [0.1, 0.15) is 5.75 Å². The molecule has 0 aliphatic carbocycles. The van der Waals surface area contributed by atoms with Crippen molar-refractivity contribution in [3.63, 3.8) is 0 Å². The molecule has 1 aliphatic rings. The van der Waals surface area contributed by atoms with Gasteiger partial charge in [-0.15, -0.1) is 12.6 Å². The number of hydrogen-bond donors (Lipinski definition) is 3. The van der Waals surface area contributed by atoms with E-state index in [1.165, 1.54) is 0 Å². The van der Waals surface area contributed by atoms with Crippen molar-refractivity contribution >= 4 is 29.8 Å². The SMILES string of the molecule is N#CC1=C(S)NC(=S)[C@H]([n+]2ccccc2)[C@H]1c1ccc(O)cc1. The number of nitrogens with one attached hydrogen (secondary N) is 1. The predicted molar refractivity (Wildman–Crippen MR) is 93.9 cm³/mol. The number of nitriles is 1. The molecule has 1 aromatic carbocycles. The van der Waals surface area contributed by atoms with Crippen molar-refractivity contribution in [1.29, 1.82) is 5.26 Å². The average molecular weight is 340 g/mol. The number of pyridine rings is 1. The Labute approximate surface area is 145 Å². The van der Waals surface area contributed by atoms with Crippen LogP contribution in [0.4, 0.5) is 0 Å². The van der Waals surface area contributed by atoms with Crippen molar-refractivity contribution in [2.45, 2.75) is 12.0 Å². The van der Waals surface area contributed by atoms with Crippen LogP contribution in [0.2, 0.25) is 0 Å². The number of hydrogen-bond acceptors (Lipinski definition) is 4. The number of allylic oxidation sites excluding steroid dienone is 1. The Balaban J connectivity index is 2.18. The maximum Gasteiger partial charge on any atom is 0.219 e. The van der Waals surface area contributed by atoms with E-state index < -0.39 is 0 Å². The maximum absolute atomic E-state index is 9.60. The normalized spacial score (nSPS) is 20.8. The van der Waals surface area contributed by atoms with Gasteiger partial charge in [0.2, 0.25) is 6.04 Å². The van der Waals surface area contributed by atoms with E-state index in [1.807, 2.05) is 47.3 Å². The molecule has 0 unspecified atom stereocenters.